The lowest BCUT2D eigenvalue weighted by Crippen LogP contribution is -2.53. The molecule has 180 valence electrons. The van der Waals surface area contributed by atoms with Crippen LogP contribution in [0.5, 0.6) is 5.75 Å². The average Bonchev–Trinajstić information content (AvgIpc) is 3.33. The third-order valence-corrected chi connectivity index (χ3v) is 5.30. The van der Waals surface area contributed by atoms with Crippen LogP contribution in [0.1, 0.15) is 49.0 Å². The molecular formula is C26H29NO7. The van der Waals surface area contributed by atoms with Crippen molar-refractivity contribution in [3.05, 3.63) is 78.1 Å². The number of benzene rings is 2. The molecule has 0 spiro atoms. The lowest BCUT2D eigenvalue weighted by Gasteiger charge is -2.39. The summed E-state index contributed by atoms with van der Waals surface area (Å²) in [5, 5.41) is 31.1. The summed E-state index contributed by atoms with van der Waals surface area (Å²) in [7, 11) is 0. The van der Waals surface area contributed by atoms with Crippen LogP contribution in [0.3, 0.4) is 0 Å². The van der Waals surface area contributed by atoms with E-state index in [2.05, 4.69) is 0 Å². The maximum absolute atomic E-state index is 13.4. The third-order valence-electron chi connectivity index (χ3n) is 5.30. The first kappa shape index (κ1) is 25.0. The molecular weight excluding hydrogens is 438 g/mol. The number of furan rings is 1. The summed E-state index contributed by atoms with van der Waals surface area (Å²) in [6.07, 6.45) is 2.51. The van der Waals surface area contributed by atoms with Gasteiger partial charge in [0.2, 0.25) is 0 Å². The highest BCUT2D eigenvalue weighted by molar-refractivity contribution is 5.95. The summed E-state index contributed by atoms with van der Waals surface area (Å²) in [4.78, 5) is 25.0. The van der Waals surface area contributed by atoms with E-state index in [9.17, 15) is 19.8 Å². The molecule has 0 fully saturated rings. The molecule has 1 aromatic heterocycles. The molecule has 0 saturated carbocycles. The van der Waals surface area contributed by atoms with Gasteiger partial charge < -0.3 is 24.5 Å². The van der Waals surface area contributed by atoms with Gasteiger partial charge in [-0.05, 0) is 63.1 Å². The molecule has 0 bridgehead atoms. The van der Waals surface area contributed by atoms with Crippen molar-refractivity contribution < 1.29 is 34.1 Å². The Bertz CT molecular complexity index is 1090. The van der Waals surface area contributed by atoms with Crippen molar-refractivity contribution >= 4 is 11.9 Å². The zero-order valence-corrected chi connectivity index (χ0v) is 19.2. The van der Waals surface area contributed by atoms with Crippen LogP contribution in [-0.4, -0.2) is 44.7 Å². The van der Waals surface area contributed by atoms with E-state index in [1.807, 2.05) is 6.07 Å². The van der Waals surface area contributed by atoms with E-state index >= 15 is 0 Å². The van der Waals surface area contributed by atoms with E-state index in [4.69, 9.17) is 14.3 Å². The molecule has 0 radical (unpaired) electrons. The molecule has 34 heavy (non-hydrogen) atoms. The number of para-hydroxylation sites is 1. The average molecular weight is 468 g/mol. The molecule has 0 saturated heterocycles. The molecule has 0 atom stereocenters. The SMILES string of the molecule is CC(C)N(C(=O)c1ccc(-c2ccco2)cc1)C(O)(O)c1ccccc1OCCCCC(=O)O. The van der Waals surface area contributed by atoms with Crippen molar-refractivity contribution in [3.8, 4) is 17.1 Å². The number of amides is 1. The number of carbonyl (C=O) groups is 2. The van der Waals surface area contributed by atoms with Crippen molar-refractivity contribution in [2.24, 2.45) is 0 Å². The fourth-order valence-corrected chi connectivity index (χ4v) is 3.65. The zero-order valence-electron chi connectivity index (χ0n) is 19.2. The Morgan fingerprint density at radius 2 is 1.71 bits per heavy atom. The van der Waals surface area contributed by atoms with Gasteiger partial charge in [0.1, 0.15) is 11.5 Å². The molecule has 3 N–H and O–H groups in total. The van der Waals surface area contributed by atoms with E-state index in [1.165, 1.54) is 6.07 Å². The summed E-state index contributed by atoms with van der Waals surface area (Å²) in [5.74, 6) is -3.24. The third kappa shape index (κ3) is 5.84. The van der Waals surface area contributed by atoms with Crippen LogP contribution >= 0.6 is 0 Å². The van der Waals surface area contributed by atoms with Crippen LogP contribution in [0.4, 0.5) is 0 Å². The minimum atomic E-state index is -2.65. The van der Waals surface area contributed by atoms with Crippen molar-refractivity contribution in [2.75, 3.05) is 6.61 Å². The maximum atomic E-state index is 13.4. The smallest absolute Gasteiger partial charge is 0.303 e. The van der Waals surface area contributed by atoms with Gasteiger partial charge >= 0.3 is 5.97 Å². The van der Waals surface area contributed by atoms with Gasteiger partial charge in [0.25, 0.3) is 11.8 Å². The van der Waals surface area contributed by atoms with E-state index in [-0.39, 0.29) is 29.9 Å². The van der Waals surface area contributed by atoms with Crippen molar-refractivity contribution in [1.29, 1.82) is 0 Å². The quantitative estimate of drug-likeness (QED) is 0.285. The number of carboxylic acid groups (broad SMARTS) is 1. The van der Waals surface area contributed by atoms with Crippen molar-refractivity contribution in [1.82, 2.24) is 4.90 Å². The minimum absolute atomic E-state index is 0.0162. The summed E-state index contributed by atoms with van der Waals surface area (Å²) in [6, 6.07) is 16.1. The number of nitrogens with zero attached hydrogens (tertiary/aromatic N) is 1. The topological polar surface area (TPSA) is 120 Å². The number of aliphatic hydroxyl groups is 2. The molecule has 8 heteroatoms. The van der Waals surface area contributed by atoms with Gasteiger partial charge in [0, 0.05) is 23.6 Å². The minimum Gasteiger partial charge on any atom is -0.493 e. The van der Waals surface area contributed by atoms with Crippen molar-refractivity contribution in [2.45, 2.75) is 45.1 Å². The molecule has 1 heterocycles. The Morgan fingerprint density at radius 1 is 1.00 bits per heavy atom. The normalized spacial score (nSPS) is 11.4. The number of aliphatic carboxylic acids is 1. The molecule has 0 aliphatic carbocycles. The Balaban J connectivity index is 1.82. The van der Waals surface area contributed by atoms with E-state index in [0.29, 0.717) is 18.6 Å². The molecule has 2 aromatic carbocycles. The number of hydrogen-bond donors (Lipinski definition) is 3. The Morgan fingerprint density at radius 3 is 2.32 bits per heavy atom. The van der Waals surface area contributed by atoms with Crippen LogP contribution in [0, 0.1) is 0 Å². The van der Waals surface area contributed by atoms with Gasteiger partial charge in [-0.15, -0.1) is 0 Å². The fourth-order valence-electron chi connectivity index (χ4n) is 3.65. The number of hydrogen-bond acceptors (Lipinski definition) is 6. The molecule has 0 aliphatic heterocycles. The number of unbranched alkanes of at least 4 members (excludes halogenated alkanes) is 1. The highest BCUT2D eigenvalue weighted by Crippen LogP contribution is 2.34. The summed E-state index contributed by atoms with van der Waals surface area (Å²) in [6.45, 7) is 3.57. The fraction of sp³-hybridized carbons (Fsp3) is 0.308. The maximum Gasteiger partial charge on any atom is 0.303 e. The molecule has 0 unspecified atom stereocenters. The van der Waals surface area contributed by atoms with Gasteiger partial charge in [-0.2, -0.15) is 0 Å². The van der Waals surface area contributed by atoms with Gasteiger partial charge in [0.05, 0.1) is 18.4 Å². The van der Waals surface area contributed by atoms with Crippen molar-refractivity contribution in [3.63, 3.8) is 0 Å². The van der Waals surface area contributed by atoms with Gasteiger partial charge in [-0.3, -0.25) is 14.5 Å². The lowest BCUT2D eigenvalue weighted by molar-refractivity contribution is -0.264. The van der Waals surface area contributed by atoms with E-state index in [1.54, 1.807) is 68.6 Å². The Hall–Kier alpha value is -3.62. The predicted molar refractivity (Wildman–Crippen MR) is 125 cm³/mol. The highest BCUT2D eigenvalue weighted by Gasteiger charge is 2.42. The molecule has 0 aliphatic rings. The second kappa shape index (κ2) is 11.0. The summed E-state index contributed by atoms with van der Waals surface area (Å²) < 4.78 is 11.1. The standard InChI is InChI=1S/C26H29NO7/c1-18(2)27(25(30)20-14-12-19(13-15-20)22-10-7-17-33-22)26(31,32)21-8-3-4-9-23(21)34-16-6-5-11-24(28)29/h3-4,7-10,12-15,17-18,31-32H,5-6,11,16H2,1-2H3,(H,28,29). The molecule has 3 aromatic rings. The molecule has 3 rings (SSSR count). The Kier molecular flexibility index (Phi) is 8.09. The Labute approximate surface area is 198 Å². The van der Waals surface area contributed by atoms with Gasteiger partial charge in [-0.1, -0.05) is 24.3 Å². The van der Waals surface area contributed by atoms with Gasteiger partial charge in [0.15, 0.2) is 0 Å². The van der Waals surface area contributed by atoms with E-state index in [0.717, 1.165) is 10.5 Å². The first-order chi connectivity index (χ1) is 16.2. The number of carboxylic acids is 1. The number of rotatable bonds is 11. The first-order valence-electron chi connectivity index (χ1n) is 11.1. The summed E-state index contributed by atoms with van der Waals surface area (Å²) in [5.41, 5.74) is 1.09. The lowest BCUT2D eigenvalue weighted by atomic mass is 10.0. The largest absolute Gasteiger partial charge is 0.493 e. The van der Waals surface area contributed by atoms with Crippen LogP contribution in [-0.2, 0) is 10.7 Å². The predicted octanol–water partition coefficient (Wildman–Crippen LogP) is 4.23. The molecule has 8 nitrogen and oxygen atoms in total. The van der Waals surface area contributed by atoms with Crippen LogP contribution in [0.15, 0.2) is 71.3 Å². The molecule has 1 amide bonds. The number of ether oxygens (including phenoxy) is 1. The number of carbonyl (C=O) groups excluding carboxylic acids is 1. The van der Waals surface area contributed by atoms with Crippen LogP contribution < -0.4 is 4.74 Å². The van der Waals surface area contributed by atoms with Crippen LogP contribution in [0.2, 0.25) is 0 Å². The zero-order chi connectivity index (χ0) is 24.7. The first-order valence-corrected chi connectivity index (χ1v) is 11.1. The summed E-state index contributed by atoms with van der Waals surface area (Å²) >= 11 is 0. The monoisotopic (exact) mass is 467 g/mol. The second-order valence-corrected chi connectivity index (χ2v) is 8.15. The van der Waals surface area contributed by atoms with Crippen LogP contribution in [0.25, 0.3) is 11.3 Å². The second-order valence-electron chi connectivity index (χ2n) is 8.15. The van der Waals surface area contributed by atoms with E-state index < -0.39 is 23.8 Å². The highest BCUT2D eigenvalue weighted by atomic mass is 16.5. The van der Waals surface area contributed by atoms with Gasteiger partial charge in [-0.25, -0.2) is 0 Å².